The van der Waals surface area contributed by atoms with Crippen molar-refractivity contribution < 1.29 is 23.8 Å². The van der Waals surface area contributed by atoms with Gasteiger partial charge in [0.05, 0.1) is 7.11 Å². The number of hydrogen-bond donors (Lipinski definition) is 0. The van der Waals surface area contributed by atoms with Gasteiger partial charge in [0.25, 0.3) is 0 Å². The number of carbonyl (C=O) groups excluding carboxylic acids is 2. The molecule has 0 aliphatic carbocycles. The standard InChI is InChI=1S/C17H22O5/c1-7-11(2)13-8-12(10-18)9-14(20-6)15(13)21-16(19)22-17(3,4)5/h7-11H,1H2,2-6H3. The highest BCUT2D eigenvalue weighted by molar-refractivity contribution is 5.78. The Morgan fingerprint density at radius 3 is 2.41 bits per heavy atom. The van der Waals surface area contributed by atoms with Crippen LogP contribution in [0.2, 0.25) is 0 Å². The van der Waals surface area contributed by atoms with Gasteiger partial charge in [0.15, 0.2) is 11.5 Å². The van der Waals surface area contributed by atoms with Crippen LogP contribution in [-0.4, -0.2) is 25.2 Å². The minimum atomic E-state index is -0.831. The maximum absolute atomic E-state index is 11.9. The van der Waals surface area contributed by atoms with Crippen LogP contribution in [0.4, 0.5) is 4.79 Å². The summed E-state index contributed by atoms with van der Waals surface area (Å²) in [5.41, 5.74) is 0.386. The Balaban J connectivity index is 3.28. The van der Waals surface area contributed by atoms with Crippen molar-refractivity contribution in [1.82, 2.24) is 0 Å². The molecule has 0 N–H and O–H groups in total. The lowest BCUT2D eigenvalue weighted by molar-refractivity contribution is 0.0198. The molecule has 0 amide bonds. The van der Waals surface area contributed by atoms with E-state index in [-0.39, 0.29) is 11.7 Å². The summed E-state index contributed by atoms with van der Waals surface area (Å²) in [6.45, 7) is 10.8. The van der Waals surface area contributed by atoms with E-state index in [4.69, 9.17) is 14.2 Å². The number of allylic oxidation sites excluding steroid dienone is 1. The number of methoxy groups -OCH3 is 1. The molecule has 1 unspecified atom stereocenters. The Bertz CT molecular complexity index is 569. The Kier molecular flexibility index (Phi) is 5.74. The van der Waals surface area contributed by atoms with E-state index in [1.54, 1.807) is 32.9 Å². The van der Waals surface area contributed by atoms with E-state index >= 15 is 0 Å². The SMILES string of the molecule is C=CC(C)c1cc(C=O)cc(OC)c1OC(=O)OC(C)(C)C. The summed E-state index contributed by atoms with van der Waals surface area (Å²) >= 11 is 0. The highest BCUT2D eigenvalue weighted by Gasteiger charge is 2.23. The van der Waals surface area contributed by atoms with Gasteiger partial charge in [0.1, 0.15) is 11.9 Å². The van der Waals surface area contributed by atoms with Gasteiger partial charge in [-0.15, -0.1) is 6.58 Å². The van der Waals surface area contributed by atoms with Gasteiger partial charge >= 0.3 is 6.16 Å². The Labute approximate surface area is 130 Å². The molecule has 120 valence electrons. The molecule has 0 saturated heterocycles. The lowest BCUT2D eigenvalue weighted by Gasteiger charge is -2.21. The van der Waals surface area contributed by atoms with E-state index in [0.717, 1.165) is 0 Å². The Morgan fingerprint density at radius 1 is 1.32 bits per heavy atom. The van der Waals surface area contributed by atoms with Gasteiger partial charge in [-0.05, 0) is 32.9 Å². The first-order valence-electron chi connectivity index (χ1n) is 6.92. The van der Waals surface area contributed by atoms with E-state index in [2.05, 4.69) is 6.58 Å². The number of hydrogen-bond acceptors (Lipinski definition) is 5. The first-order valence-corrected chi connectivity index (χ1v) is 6.92. The van der Waals surface area contributed by atoms with Crippen LogP contribution < -0.4 is 9.47 Å². The van der Waals surface area contributed by atoms with Gasteiger partial charge in [-0.3, -0.25) is 4.79 Å². The summed E-state index contributed by atoms with van der Waals surface area (Å²) < 4.78 is 15.7. The van der Waals surface area contributed by atoms with Gasteiger partial charge in [-0.2, -0.15) is 0 Å². The lowest BCUT2D eigenvalue weighted by atomic mass is 9.97. The second kappa shape index (κ2) is 7.11. The fourth-order valence-electron chi connectivity index (χ4n) is 1.79. The van der Waals surface area contributed by atoms with E-state index < -0.39 is 11.8 Å². The van der Waals surface area contributed by atoms with Gasteiger partial charge < -0.3 is 14.2 Å². The molecule has 0 bridgehead atoms. The highest BCUT2D eigenvalue weighted by Crippen LogP contribution is 2.37. The molecule has 0 radical (unpaired) electrons. The highest BCUT2D eigenvalue weighted by atomic mass is 16.7. The van der Waals surface area contributed by atoms with Gasteiger partial charge in [0.2, 0.25) is 0 Å². The zero-order valence-electron chi connectivity index (χ0n) is 13.6. The summed E-state index contributed by atoms with van der Waals surface area (Å²) in [5, 5.41) is 0. The molecule has 0 aliphatic heterocycles. The third kappa shape index (κ3) is 4.62. The molecule has 0 saturated carbocycles. The molecule has 1 atom stereocenters. The minimum Gasteiger partial charge on any atom is -0.493 e. The van der Waals surface area contributed by atoms with Crippen LogP contribution in [0.1, 0.15) is 49.5 Å². The number of rotatable bonds is 5. The van der Waals surface area contributed by atoms with E-state index in [0.29, 0.717) is 23.2 Å². The zero-order chi connectivity index (χ0) is 16.9. The normalized spacial score (nSPS) is 12.2. The molecule has 1 aromatic rings. The second-order valence-electron chi connectivity index (χ2n) is 5.85. The summed E-state index contributed by atoms with van der Waals surface area (Å²) in [6.07, 6.45) is 1.56. The topological polar surface area (TPSA) is 61.8 Å². The van der Waals surface area contributed by atoms with Crippen molar-refractivity contribution in [2.75, 3.05) is 7.11 Å². The maximum atomic E-state index is 11.9. The van der Waals surface area contributed by atoms with Crippen molar-refractivity contribution in [3.8, 4) is 11.5 Å². The molecular formula is C17H22O5. The van der Waals surface area contributed by atoms with E-state index in [1.165, 1.54) is 13.2 Å². The smallest absolute Gasteiger partial charge is 0.493 e. The van der Waals surface area contributed by atoms with Crippen molar-refractivity contribution in [2.24, 2.45) is 0 Å². The summed E-state index contributed by atoms with van der Waals surface area (Å²) in [5.74, 6) is 0.389. The average Bonchev–Trinajstić information content (AvgIpc) is 2.44. The predicted octanol–water partition coefficient (Wildman–Crippen LogP) is 4.11. The second-order valence-corrected chi connectivity index (χ2v) is 5.85. The fraction of sp³-hybridized carbons (Fsp3) is 0.412. The fourth-order valence-corrected chi connectivity index (χ4v) is 1.79. The molecular weight excluding hydrogens is 284 g/mol. The quantitative estimate of drug-likeness (QED) is 0.354. The molecule has 0 fully saturated rings. The summed E-state index contributed by atoms with van der Waals surface area (Å²) in [6, 6.07) is 3.15. The van der Waals surface area contributed by atoms with Crippen molar-refractivity contribution in [2.45, 2.75) is 39.2 Å². The van der Waals surface area contributed by atoms with Crippen molar-refractivity contribution in [3.63, 3.8) is 0 Å². The van der Waals surface area contributed by atoms with Crippen LogP contribution >= 0.6 is 0 Å². The monoisotopic (exact) mass is 306 g/mol. The average molecular weight is 306 g/mol. The predicted molar refractivity (Wildman–Crippen MR) is 83.9 cm³/mol. The summed E-state index contributed by atoms with van der Waals surface area (Å²) in [7, 11) is 1.44. The van der Waals surface area contributed by atoms with Crippen LogP contribution in [0.25, 0.3) is 0 Å². The number of benzene rings is 1. The van der Waals surface area contributed by atoms with E-state index in [9.17, 15) is 9.59 Å². The molecule has 0 heterocycles. The van der Waals surface area contributed by atoms with Gasteiger partial charge in [-0.1, -0.05) is 13.0 Å². The largest absolute Gasteiger partial charge is 0.514 e. The minimum absolute atomic E-state index is 0.133. The molecule has 1 aromatic carbocycles. The molecule has 22 heavy (non-hydrogen) atoms. The number of ether oxygens (including phenoxy) is 3. The molecule has 0 aromatic heterocycles. The maximum Gasteiger partial charge on any atom is 0.514 e. The van der Waals surface area contributed by atoms with Crippen LogP contribution in [-0.2, 0) is 4.74 Å². The molecule has 5 nitrogen and oxygen atoms in total. The molecule has 5 heteroatoms. The van der Waals surface area contributed by atoms with Crippen molar-refractivity contribution in [3.05, 3.63) is 35.9 Å². The van der Waals surface area contributed by atoms with Crippen LogP contribution in [0.15, 0.2) is 24.8 Å². The Hall–Kier alpha value is -2.30. The van der Waals surface area contributed by atoms with Crippen molar-refractivity contribution >= 4 is 12.4 Å². The van der Waals surface area contributed by atoms with Crippen LogP contribution in [0, 0.1) is 0 Å². The Morgan fingerprint density at radius 2 is 1.95 bits per heavy atom. The third-order valence-electron chi connectivity index (χ3n) is 2.88. The van der Waals surface area contributed by atoms with Gasteiger partial charge in [-0.25, -0.2) is 4.79 Å². The van der Waals surface area contributed by atoms with E-state index in [1.807, 2.05) is 6.92 Å². The molecule has 1 rings (SSSR count). The zero-order valence-corrected chi connectivity index (χ0v) is 13.6. The van der Waals surface area contributed by atoms with Crippen LogP contribution in [0.5, 0.6) is 11.5 Å². The third-order valence-corrected chi connectivity index (χ3v) is 2.88. The van der Waals surface area contributed by atoms with Crippen molar-refractivity contribution in [1.29, 1.82) is 0 Å². The summed E-state index contributed by atoms with van der Waals surface area (Å²) in [4.78, 5) is 23.0. The molecule has 0 spiro atoms. The number of aldehydes is 1. The molecule has 0 aliphatic rings. The lowest BCUT2D eigenvalue weighted by Crippen LogP contribution is -2.26. The van der Waals surface area contributed by atoms with Crippen LogP contribution in [0.3, 0.4) is 0 Å². The first kappa shape index (κ1) is 17.8. The van der Waals surface area contributed by atoms with Gasteiger partial charge in [0, 0.05) is 17.0 Å². The number of carbonyl (C=O) groups is 2. The first-order chi connectivity index (χ1) is 10.2.